The van der Waals surface area contributed by atoms with E-state index >= 15 is 0 Å². The molecule has 0 atom stereocenters. The lowest BCUT2D eigenvalue weighted by Crippen LogP contribution is -1.97. The summed E-state index contributed by atoms with van der Waals surface area (Å²) in [6, 6.07) is 0. The number of hydrogen-bond acceptors (Lipinski definition) is 3. The van der Waals surface area contributed by atoms with E-state index in [9.17, 15) is 0 Å². The van der Waals surface area contributed by atoms with Crippen molar-refractivity contribution in [1.82, 2.24) is 15.2 Å². The van der Waals surface area contributed by atoms with Crippen LogP contribution in [0.15, 0.2) is 6.33 Å². The van der Waals surface area contributed by atoms with Crippen molar-refractivity contribution < 1.29 is 0 Å². The lowest BCUT2D eigenvalue weighted by atomic mass is 10.2. The van der Waals surface area contributed by atoms with Crippen LogP contribution in [0.4, 0.5) is 0 Å². The van der Waals surface area contributed by atoms with Crippen LogP contribution < -0.4 is 0 Å². The second-order valence-corrected chi connectivity index (χ2v) is 2.24. The predicted molar refractivity (Wildman–Crippen MR) is 38.6 cm³/mol. The van der Waals surface area contributed by atoms with Gasteiger partial charge in [0.05, 0.1) is 11.4 Å². The first-order chi connectivity index (χ1) is 4.84. The first-order valence-electron chi connectivity index (χ1n) is 3.47. The fourth-order valence-electron chi connectivity index (χ4n) is 0.823. The van der Waals surface area contributed by atoms with Crippen molar-refractivity contribution in [2.24, 2.45) is 0 Å². The number of hydrogen-bond donors (Lipinski definition) is 0. The molecule has 0 aliphatic carbocycles. The molecule has 0 bridgehead atoms. The highest BCUT2D eigenvalue weighted by atomic mass is 15.1. The summed E-state index contributed by atoms with van der Waals surface area (Å²) in [5.74, 6) is 0. The Morgan fingerprint density at radius 3 is 2.90 bits per heavy atom. The van der Waals surface area contributed by atoms with Crippen LogP contribution in [0.25, 0.3) is 0 Å². The topological polar surface area (TPSA) is 38.7 Å². The Hall–Kier alpha value is -0.990. The van der Waals surface area contributed by atoms with Crippen molar-refractivity contribution in [3.05, 3.63) is 17.7 Å². The van der Waals surface area contributed by atoms with E-state index in [0.29, 0.717) is 0 Å². The second kappa shape index (κ2) is 3.25. The van der Waals surface area contributed by atoms with E-state index < -0.39 is 0 Å². The highest BCUT2D eigenvalue weighted by Crippen LogP contribution is 2.00. The van der Waals surface area contributed by atoms with Crippen LogP contribution in [0.1, 0.15) is 24.7 Å². The van der Waals surface area contributed by atoms with Crippen LogP contribution in [0.3, 0.4) is 0 Å². The van der Waals surface area contributed by atoms with E-state index in [1.807, 2.05) is 6.92 Å². The van der Waals surface area contributed by atoms with Crippen molar-refractivity contribution >= 4 is 0 Å². The van der Waals surface area contributed by atoms with Crippen molar-refractivity contribution in [3.8, 4) is 0 Å². The molecule has 3 heteroatoms. The minimum absolute atomic E-state index is 0.979. The van der Waals surface area contributed by atoms with Gasteiger partial charge in [0.1, 0.15) is 6.33 Å². The van der Waals surface area contributed by atoms with Crippen molar-refractivity contribution in [2.45, 2.75) is 26.7 Å². The molecule has 54 valence electrons. The fourth-order valence-corrected chi connectivity index (χ4v) is 0.823. The molecular weight excluding hydrogens is 126 g/mol. The summed E-state index contributed by atoms with van der Waals surface area (Å²) in [6.07, 6.45) is 3.56. The predicted octanol–water partition coefficient (Wildman–Crippen LogP) is 1.13. The molecule has 0 amide bonds. The number of nitrogens with zero attached hydrogens (tertiary/aromatic N) is 3. The van der Waals surface area contributed by atoms with Gasteiger partial charge >= 0.3 is 0 Å². The molecule has 0 fully saturated rings. The molecule has 1 aromatic heterocycles. The third-order valence-corrected chi connectivity index (χ3v) is 1.39. The summed E-state index contributed by atoms with van der Waals surface area (Å²) >= 11 is 0. The van der Waals surface area contributed by atoms with Gasteiger partial charge in [-0.2, -0.15) is 5.10 Å². The lowest BCUT2D eigenvalue weighted by molar-refractivity contribution is 0.796. The van der Waals surface area contributed by atoms with Crippen LogP contribution in [-0.2, 0) is 6.42 Å². The van der Waals surface area contributed by atoms with Gasteiger partial charge in [0.25, 0.3) is 0 Å². The Morgan fingerprint density at radius 1 is 1.50 bits per heavy atom. The molecule has 1 heterocycles. The van der Waals surface area contributed by atoms with Crippen LogP contribution >= 0.6 is 0 Å². The number of rotatable bonds is 2. The highest BCUT2D eigenvalue weighted by Gasteiger charge is 1.97. The third kappa shape index (κ3) is 1.50. The van der Waals surface area contributed by atoms with Gasteiger partial charge in [-0.3, -0.25) is 0 Å². The first kappa shape index (κ1) is 7.12. The summed E-state index contributed by atoms with van der Waals surface area (Å²) < 4.78 is 0. The van der Waals surface area contributed by atoms with E-state index in [-0.39, 0.29) is 0 Å². The van der Waals surface area contributed by atoms with E-state index in [1.54, 1.807) is 0 Å². The van der Waals surface area contributed by atoms with Crippen LogP contribution in [0.5, 0.6) is 0 Å². The van der Waals surface area contributed by atoms with Crippen LogP contribution in [0, 0.1) is 6.92 Å². The zero-order chi connectivity index (χ0) is 7.40. The van der Waals surface area contributed by atoms with E-state index in [1.165, 1.54) is 6.33 Å². The summed E-state index contributed by atoms with van der Waals surface area (Å²) in [5, 5.41) is 7.66. The molecule has 0 aliphatic heterocycles. The monoisotopic (exact) mass is 137 g/mol. The summed E-state index contributed by atoms with van der Waals surface area (Å²) in [4.78, 5) is 4.02. The molecule has 3 nitrogen and oxygen atoms in total. The van der Waals surface area contributed by atoms with Crippen molar-refractivity contribution in [3.63, 3.8) is 0 Å². The van der Waals surface area contributed by atoms with Gasteiger partial charge in [-0.05, 0) is 13.3 Å². The molecule has 1 rings (SSSR count). The minimum Gasteiger partial charge on any atom is -0.238 e. The standard InChI is InChI=1S/C7H11N3/c1-3-4-7-6(2)8-5-9-10-7/h5H,3-4H2,1-2H3. The lowest BCUT2D eigenvalue weighted by Gasteiger charge is -1.97. The van der Waals surface area contributed by atoms with Gasteiger partial charge in [-0.25, -0.2) is 4.98 Å². The Morgan fingerprint density at radius 2 is 2.30 bits per heavy atom. The Balaban J connectivity index is 2.81. The molecule has 0 N–H and O–H groups in total. The van der Waals surface area contributed by atoms with Crippen LogP contribution in [0.2, 0.25) is 0 Å². The van der Waals surface area contributed by atoms with Crippen LogP contribution in [-0.4, -0.2) is 15.2 Å². The average Bonchev–Trinajstić information content (AvgIpc) is 1.94. The normalized spacial score (nSPS) is 9.80. The summed E-state index contributed by atoms with van der Waals surface area (Å²) in [7, 11) is 0. The molecule has 0 unspecified atom stereocenters. The minimum atomic E-state index is 0.979. The average molecular weight is 137 g/mol. The van der Waals surface area contributed by atoms with Gasteiger partial charge in [0.2, 0.25) is 0 Å². The third-order valence-electron chi connectivity index (χ3n) is 1.39. The SMILES string of the molecule is CCCc1nncnc1C. The smallest absolute Gasteiger partial charge is 0.138 e. The molecule has 1 aromatic rings. The molecule has 0 saturated carbocycles. The summed E-state index contributed by atoms with van der Waals surface area (Å²) in [5.41, 5.74) is 2.02. The first-order valence-corrected chi connectivity index (χ1v) is 3.47. The molecule has 0 spiro atoms. The van der Waals surface area contributed by atoms with E-state index in [0.717, 1.165) is 24.2 Å². The fraction of sp³-hybridized carbons (Fsp3) is 0.571. The van der Waals surface area contributed by atoms with Gasteiger partial charge in [0.15, 0.2) is 0 Å². The zero-order valence-electron chi connectivity index (χ0n) is 6.33. The highest BCUT2D eigenvalue weighted by molar-refractivity contribution is 5.05. The Bertz CT molecular complexity index is 210. The maximum atomic E-state index is 4.02. The molecular formula is C7H11N3. The quantitative estimate of drug-likeness (QED) is 0.613. The van der Waals surface area contributed by atoms with Gasteiger partial charge in [0, 0.05) is 0 Å². The van der Waals surface area contributed by atoms with Crippen molar-refractivity contribution in [2.75, 3.05) is 0 Å². The largest absolute Gasteiger partial charge is 0.238 e. The molecule has 0 radical (unpaired) electrons. The zero-order valence-corrected chi connectivity index (χ0v) is 6.33. The number of aromatic nitrogens is 3. The molecule has 10 heavy (non-hydrogen) atoms. The van der Waals surface area contributed by atoms with Crippen molar-refractivity contribution in [1.29, 1.82) is 0 Å². The van der Waals surface area contributed by atoms with Gasteiger partial charge < -0.3 is 0 Å². The molecule has 0 aromatic carbocycles. The van der Waals surface area contributed by atoms with E-state index in [2.05, 4.69) is 22.1 Å². The Kier molecular flexibility index (Phi) is 2.31. The summed E-state index contributed by atoms with van der Waals surface area (Å²) in [6.45, 7) is 4.08. The van der Waals surface area contributed by atoms with Gasteiger partial charge in [-0.1, -0.05) is 13.3 Å². The molecule has 0 saturated heterocycles. The van der Waals surface area contributed by atoms with Gasteiger partial charge in [-0.15, -0.1) is 5.10 Å². The Labute approximate surface area is 60.5 Å². The molecule has 0 aliphatic rings. The maximum absolute atomic E-state index is 4.02. The maximum Gasteiger partial charge on any atom is 0.138 e. The van der Waals surface area contributed by atoms with E-state index in [4.69, 9.17) is 0 Å². The number of aryl methyl sites for hydroxylation is 2. The second-order valence-electron chi connectivity index (χ2n) is 2.24.